The number of hydrogen-bond donors (Lipinski definition) is 0. The Labute approximate surface area is 90.0 Å². The van der Waals surface area contributed by atoms with Crippen molar-refractivity contribution >= 4 is 11.6 Å². The van der Waals surface area contributed by atoms with Crippen LogP contribution >= 0.6 is 11.6 Å². The summed E-state index contributed by atoms with van der Waals surface area (Å²) >= 11 is 6.07. The van der Waals surface area contributed by atoms with Crippen molar-refractivity contribution in [1.82, 2.24) is 0 Å². The maximum atomic E-state index is 6.07. The minimum absolute atomic E-state index is 0.110. The van der Waals surface area contributed by atoms with Gasteiger partial charge in [-0.2, -0.15) is 0 Å². The van der Waals surface area contributed by atoms with E-state index in [0.29, 0.717) is 0 Å². The van der Waals surface area contributed by atoms with Gasteiger partial charge < -0.3 is 4.74 Å². The molecule has 1 heterocycles. The number of hydrogen-bond acceptors (Lipinski definition) is 1. The van der Waals surface area contributed by atoms with Gasteiger partial charge in [-0.1, -0.05) is 29.8 Å². The van der Waals surface area contributed by atoms with E-state index < -0.39 is 0 Å². The molecule has 0 saturated carbocycles. The SMILES string of the molecule is CC1(CCc2ccccc2Cl)CCO1. The van der Waals surface area contributed by atoms with Crippen LogP contribution in [0.1, 0.15) is 25.3 Å². The van der Waals surface area contributed by atoms with Gasteiger partial charge in [0.25, 0.3) is 0 Å². The highest BCUT2D eigenvalue weighted by Gasteiger charge is 2.32. The summed E-state index contributed by atoms with van der Waals surface area (Å²) in [5.74, 6) is 0. The molecule has 1 nitrogen and oxygen atoms in total. The van der Waals surface area contributed by atoms with Crippen molar-refractivity contribution < 1.29 is 4.74 Å². The summed E-state index contributed by atoms with van der Waals surface area (Å²) in [6.45, 7) is 3.09. The molecule has 1 aromatic carbocycles. The Balaban J connectivity index is 1.95. The van der Waals surface area contributed by atoms with Gasteiger partial charge >= 0.3 is 0 Å². The van der Waals surface area contributed by atoms with Crippen LogP contribution in [0, 0.1) is 0 Å². The van der Waals surface area contributed by atoms with Crippen LogP contribution in [0.25, 0.3) is 0 Å². The van der Waals surface area contributed by atoms with Crippen LogP contribution in [-0.4, -0.2) is 12.2 Å². The third kappa shape index (κ3) is 2.10. The van der Waals surface area contributed by atoms with Gasteiger partial charge in [-0.25, -0.2) is 0 Å². The van der Waals surface area contributed by atoms with Crippen molar-refractivity contribution in [2.24, 2.45) is 0 Å². The molecule has 0 radical (unpaired) electrons. The molecule has 1 unspecified atom stereocenters. The normalized spacial score (nSPS) is 25.9. The topological polar surface area (TPSA) is 9.23 Å². The van der Waals surface area contributed by atoms with E-state index >= 15 is 0 Å². The highest BCUT2D eigenvalue weighted by molar-refractivity contribution is 6.31. The molecule has 0 N–H and O–H groups in total. The summed E-state index contributed by atoms with van der Waals surface area (Å²) in [6, 6.07) is 8.03. The zero-order chi connectivity index (χ0) is 10.0. The highest BCUT2D eigenvalue weighted by atomic mass is 35.5. The zero-order valence-electron chi connectivity index (χ0n) is 8.42. The van der Waals surface area contributed by atoms with E-state index in [4.69, 9.17) is 16.3 Å². The first-order valence-electron chi connectivity index (χ1n) is 5.07. The quantitative estimate of drug-likeness (QED) is 0.743. The van der Waals surface area contributed by atoms with Crippen LogP contribution in [-0.2, 0) is 11.2 Å². The van der Waals surface area contributed by atoms with Crippen molar-refractivity contribution in [2.75, 3.05) is 6.61 Å². The zero-order valence-corrected chi connectivity index (χ0v) is 9.18. The molecule has 1 saturated heterocycles. The molecule has 0 amide bonds. The van der Waals surface area contributed by atoms with Gasteiger partial charge in [-0.05, 0) is 37.8 Å². The summed E-state index contributed by atoms with van der Waals surface area (Å²) in [6.07, 6.45) is 3.25. The van der Waals surface area contributed by atoms with Crippen LogP contribution in [0.3, 0.4) is 0 Å². The Morgan fingerprint density at radius 2 is 2.14 bits per heavy atom. The van der Waals surface area contributed by atoms with Crippen molar-refractivity contribution in [2.45, 2.75) is 31.8 Å². The Morgan fingerprint density at radius 1 is 1.43 bits per heavy atom. The lowest BCUT2D eigenvalue weighted by molar-refractivity contribution is -0.137. The van der Waals surface area contributed by atoms with Crippen molar-refractivity contribution in [1.29, 1.82) is 0 Å². The molecule has 0 bridgehead atoms. The molecule has 76 valence electrons. The van der Waals surface area contributed by atoms with E-state index in [1.807, 2.05) is 18.2 Å². The first-order chi connectivity index (χ1) is 6.70. The van der Waals surface area contributed by atoms with Crippen LogP contribution in [0.2, 0.25) is 5.02 Å². The molecule has 2 heteroatoms. The number of halogens is 1. The monoisotopic (exact) mass is 210 g/mol. The van der Waals surface area contributed by atoms with E-state index in [2.05, 4.69) is 13.0 Å². The second-order valence-corrected chi connectivity index (χ2v) is 4.55. The minimum atomic E-state index is 0.110. The molecule has 1 aromatic rings. The Morgan fingerprint density at radius 3 is 2.71 bits per heavy atom. The maximum absolute atomic E-state index is 6.07. The van der Waals surface area contributed by atoms with Crippen molar-refractivity contribution in [3.8, 4) is 0 Å². The maximum Gasteiger partial charge on any atom is 0.0679 e. The molecule has 0 aromatic heterocycles. The van der Waals surface area contributed by atoms with Crippen LogP contribution < -0.4 is 0 Å². The molecule has 0 aliphatic carbocycles. The lowest BCUT2D eigenvalue weighted by Crippen LogP contribution is -2.40. The fourth-order valence-electron chi connectivity index (χ4n) is 1.75. The van der Waals surface area contributed by atoms with E-state index in [0.717, 1.165) is 24.5 Å². The minimum Gasteiger partial charge on any atom is -0.375 e. The van der Waals surface area contributed by atoms with Gasteiger partial charge in [0.15, 0.2) is 0 Å². The second kappa shape index (κ2) is 3.92. The van der Waals surface area contributed by atoms with Gasteiger partial charge in [0.1, 0.15) is 0 Å². The molecule has 1 atom stereocenters. The molecule has 2 rings (SSSR count). The predicted octanol–water partition coefficient (Wildman–Crippen LogP) is 3.45. The van der Waals surface area contributed by atoms with Gasteiger partial charge in [0, 0.05) is 5.02 Å². The average molecular weight is 211 g/mol. The van der Waals surface area contributed by atoms with Crippen molar-refractivity contribution in [3.05, 3.63) is 34.9 Å². The third-order valence-corrected chi connectivity index (χ3v) is 3.33. The smallest absolute Gasteiger partial charge is 0.0679 e. The molecular weight excluding hydrogens is 196 g/mol. The second-order valence-electron chi connectivity index (χ2n) is 4.14. The Bertz CT molecular complexity index is 318. The van der Waals surface area contributed by atoms with E-state index in [1.54, 1.807) is 0 Å². The Kier molecular flexibility index (Phi) is 2.80. The highest BCUT2D eigenvalue weighted by Crippen LogP contribution is 2.31. The van der Waals surface area contributed by atoms with Gasteiger partial charge in [0.05, 0.1) is 12.2 Å². The number of rotatable bonds is 3. The molecule has 14 heavy (non-hydrogen) atoms. The van der Waals surface area contributed by atoms with Crippen LogP contribution in [0.5, 0.6) is 0 Å². The number of aryl methyl sites for hydroxylation is 1. The largest absolute Gasteiger partial charge is 0.375 e. The molecule has 1 aliphatic heterocycles. The summed E-state index contributed by atoms with van der Waals surface area (Å²) in [4.78, 5) is 0. The summed E-state index contributed by atoms with van der Waals surface area (Å²) in [5.41, 5.74) is 1.34. The van der Waals surface area contributed by atoms with Crippen molar-refractivity contribution in [3.63, 3.8) is 0 Å². The van der Waals surface area contributed by atoms with Crippen LogP contribution in [0.4, 0.5) is 0 Å². The van der Waals surface area contributed by atoms with Gasteiger partial charge in [0.2, 0.25) is 0 Å². The summed E-state index contributed by atoms with van der Waals surface area (Å²) in [5, 5.41) is 0.871. The Hall–Kier alpha value is -0.530. The fourth-order valence-corrected chi connectivity index (χ4v) is 1.98. The first kappa shape index (κ1) is 10.0. The summed E-state index contributed by atoms with van der Waals surface area (Å²) in [7, 11) is 0. The molecule has 1 fully saturated rings. The number of ether oxygens (including phenoxy) is 1. The fraction of sp³-hybridized carbons (Fsp3) is 0.500. The predicted molar refractivity (Wildman–Crippen MR) is 58.7 cm³/mol. The lowest BCUT2D eigenvalue weighted by atomic mass is 9.90. The van der Waals surface area contributed by atoms with E-state index in [1.165, 1.54) is 12.0 Å². The van der Waals surface area contributed by atoms with Crippen LogP contribution in [0.15, 0.2) is 24.3 Å². The van der Waals surface area contributed by atoms with E-state index in [-0.39, 0.29) is 5.60 Å². The lowest BCUT2D eigenvalue weighted by Gasteiger charge is -2.38. The third-order valence-electron chi connectivity index (χ3n) is 2.96. The standard InChI is InChI=1S/C12H15ClO/c1-12(8-9-14-12)7-6-10-4-2-3-5-11(10)13/h2-5H,6-9H2,1H3. The average Bonchev–Trinajstić information content (AvgIpc) is 2.14. The van der Waals surface area contributed by atoms with E-state index in [9.17, 15) is 0 Å². The summed E-state index contributed by atoms with van der Waals surface area (Å²) < 4.78 is 5.54. The molecule has 1 aliphatic rings. The van der Waals surface area contributed by atoms with Gasteiger partial charge in [-0.15, -0.1) is 0 Å². The number of benzene rings is 1. The van der Waals surface area contributed by atoms with Gasteiger partial charge in [-0.3, -0.25) is 0 Å². The molecular formula is C12H15ClO. The first-order valence-corrected chi connectivity index (χ1v) is 5.45. The molecule has 0 spiro atoms.